The molecule has 0 fully saturated rings. The van der Waals surface area contributed by atoms with E-state index in [4.69, 9.17) is 4.74 Å². The molecule has 0 aliphatic carbocycles. The maximum Gasteiger partial charge on any atom is 0.411 e. The van der Waals surface area contributed by atoms with Crippen LogP contribution in [0.4, 0.5) is 10.5 Å². The van der Waals surface area contributed by atoms with Crippen molar-refractivity contribution in [2.45, 2.75) is 26.3 Å². The first-order valence-electron chi connectivity index (χ1n) is 5.98. The van der Waals surface area contributed by atoms with Crippen molar-refractivity contribution in [2.24, 2.45) is 0 Å². The van der Waals surface area contributed by atoms with Crippen LogP contribution < -0.4 is 10.6 Å². The van der Waals surface area contributed by atoms with Crippen LogP contribution in [-0.4, -0.2) is 19.2 Å². The largest absolute Gasteiger partial charge is 0.450 e. The number of anilines is 1. The Morgan fingerprint density at radius 3 is 3.18 bits per heavy atom. The van der Waals surface area contributed by atoms with Crippen molar-refractivity contribution in [2.75, 3.05) is 18.5 Å². The lowest BCUT2D eigenvalue weighted by atomic mass is 9.92. The summed E-state index contributed by atoms with van der Waals surface area (Å²) in [7, 11) is 0. The monoisotopic (exact) mass is 234 g/mol. The van der Waals surface area contributed by atoms with E-state index in [9.17, 15) is 4.79 Å². The second-order valence-corrected chi connectivity index (χ2v) is 4.29. The fourth-order valence-corrected chi connectivity index (χ4v) is 2.11. The second-order valence-electron chi connectivity index (χ2n) is 4.29. The Labute approximate surface area is 101 Å². The van der Waals surface area contributed by atoms with E-state index >= 15 is 0 Å². The van der Waals surface area contributed by atoms with E-state index in [2.05, 4.69) is 23.6 Å². The molecule has 1 aromatic rings. The van der Waals surface area contributed by atoms with Crippen molar-refractivity contribution >= 4 is 11.8 Å². The lowest BCUT2D eigenvalue weighted by Crippen LogP contribution is -2.26. The van der Waals surface area contributed by atoms with Crippen molar-refractivity contribution in [3.05, 3.63) is 29.3 Å². The zero-order valence-electron chi connectivity index (χ0n) is 10.2. The molecule has 1 aliphatic heterocycles. The average molecular weight is 234 g/mol. The fourth-order valence-electron chi connectivity index (χ4n) is 2.11. The van der Waals surface area contributed by atoms with Gasteiger partial charge in [0.2, 0.25) is 0 Å². The highest BCUT2D eigenvalue weighted by Crippen LogP contribution is 2.26. The molecule has 0 spiro atoms. The third-order valence-electron chi connectivity index (χ3n) is 2.96. The number of hydrogen-bond acceptors (Lipinski definition) is 3. The summed E-state index contributed by atoms with van der Waals surface area (Å²) in [5.41, 5.74) is 3.41. The molecule has 1 amide bonds. The van der Waals surface area contributed by atoms with Gasteiger partial charge in [0.05, 0.1) is 6.61 Å². The third kappa shape index (κ3) is 2.77. The Balaban J connectivity index is 2.15. The maximum absolute atomic E-state index is 11.3. The molecule has 1 heterocycles. The van der Waals surface area contributed by atoms with Crippen LogP contribution in [0.3, 0.4) is 0 Å². The van der Waals surface area contributed by atoms with E-state index in [1.807, 2.05) is 12.1 Å². The normalized spacial score (nSPS) is 18.4. The predicted octanol–water partition coefficient (Wildman–Crippen LogP) is 2.46. The van der Waals surface area contributed by atoms with Gasteiger partial charge in [-0.2, -0.15) is 0 Å². The van der Waals surface area contributed by atoms with Crippen molar-refractivity contribution in [1.82, 2.24) is 5.32 Å². The first kappa shape index (κ1) is 11.9. The number of ether oxygens (including phenoxy) is 1. The molecule has 0 bridgehead atoms. The van der Waals surface area contributed by atoms with Gasteiger partial charge in [0, 0.05) is 18.8 Å². The van der Waals surface area contributed by atoms with Crippen LogP contribution in [0.25, 0.3) is 0 Å². The number of benzene rings is 1. The summed E-state index contributed by atoms with van der Waals surface area (Å²) in [6.07, 6.45) is -0.394. The van der Waals surface area contributed by atoms with E-state index in [0.717, 1.165) is 18.8 Å². The molecule has 4 heteroatoms. The Kier molecular flexibility index (Phi) is 3.64. The average Bonchev–Trinajstić information content (AvgIpc) is 2.30. The quantitative estimate of drug-likeness (QED) is 0.826. The lowest BCUT2D eigenvalue weighted by Gasteiger charge is -2.24. The van der Waals surface area contributed by atoms with Crippen molar-refractivity contribution in [3.63, 3.8) is 0 Å². The first-order chi connectivity index (χ1) is 8.20. The Morgan fingerprint density at radius 2 is 2.41 bits per heavy atom. The van der Waals surface area contributed by atoms with Gasteiger partial charge in [-0.1, -0.05) is 13.0 Å². The van der Waals surface area contributed by atoms with Gasteiger partial charge in [0.25, 0.3) is 0 Å². The molecule has 1 unspecified atom stereocenters. The van der Waals surface area contributed by atoms with E-state index in [1.54, 1.807) is 6.92 Å². The minimum Gasteiger partial charge on any atom is -0.450 e. The van der Waals surface area contributed by atoms with Gasteiger partial charge < -0.3 is 10.1 Å². The van der Waals surface area contributed by atoms with Gasteiger partial charge in [0.15, 0.2) is 0 Å². The van der Waals surface area contributed by atoms with E-state index in [0.29, 0.717) is 12.5 Å². The topological polar surface area (TPSA) is 50.4 Å². The molecule has 92 valence electrons. The molecule has 1 atom stereocenters. The van der Waals surface area contributed by atoms with Crippen LogP contribution in [0, 0.1) is 0 Å². The summed E-state index contributed by atoms with van der Waals surface area (Å²) >= 11 is 0. The molecule has 2 N–H and O–H groups in total. The van der Waals surface area contributed by atoms with Gasteiger partial charge in [-0.3, -0.25) is 5.32 Å². The highest BCUT2D eigenvalue weighted by Gasteiger charge is 2.16. The molecular formula is C13H18N2O2. The molecule has 0 aromatic heterocycles. The van der Waals surface area contributed by atoms with Crippen LogP contribution in [0.1, 0.15) is 30.9 Å². The van der Waals surface area contributed by atoms with Crippen molar-refractivity contribution in [3.8, 4) is 0 Å². The van der Waals surface area contributed by atoms with E-state index in [1.165, 1.54) is 11.1 Å². The van der Waals surface area contributed by atoms with Crippen LogP contribution in [0.2, 0.25) is 0 Å². The third-order valence-corrected chi connectivity index (χ3v) is 2.96. The van der Waals surface area contributed by atoms with Crippen molar-refractivity contribution in [1.29, 1.82) is 0 Å². The number of carbonyl (C=O) groups is 1. The number of carbonyl (C=O) groups excluding carboxylic acids is 1. The smallest absolute Gasteiger partial charge is 0.411 e. The number of hydrogen-bond donors (Lipinski definition) is 2. The Morgan fingerprint density at radius 1 is 1.59 bits per heavy atom. The van der Waals surface area contributed by atoms with Gasteiger partial charge >= 0.3 is 6.09 Å². The number of amides is 1. The molecule has 1 aromatic carbocycles. The molecule has 0 saturated heterocycles. The van der Waals surface area contributed by atoms with Gasteiger partial charge in [0.1, 0.15) is 0 Å². The highest BCUT2D eigenvalue weighted by molar-refractivity contribution is 5.84. The van der Waals surface area contributed by atoms with E-state index in [-0.39, 0.29) is 0 Å². The molecule has 0 saturated carbocycles. The minimum absolute atomic E-state index is 0.386. The SMILES string of the molecule is CCOC(=O)Nc1ccc2c(c1)C(C)CNC2. The summed E-state index contributed by atoms with van der Waals surface area (Å²) in [5.74, 6) is 0.475. The molecule has 2 rings (SSSR count). The fraction of sp³-hybridized carbons (Fsp3) is 0.462. The summed E-state index contributed by atoms with van der Waals surface area (Å²) in [4.78, 5) is 11.3. The maximum atomic E-state index is 11.3. The number of rotatable bonds is 2. The Hall–Kier alpha value is -1.55. The second kappa shape index (κ2) is 5.19. The zero-order chi connectivity index (χ0) is 12.3. The summed E-state index contributed by atoms with van der Waals surface area (Å²) in [6, 6.07) is 6.01. The number of nitrogens with one attached hydrogen (secondary N) is 2. The predicted molar refractivity (Wildman–Crippen MR) is 67.2 cm³/mol. The Bertz CT molecular complexity index is 418. The molecule has 1 aliphatic rings. The van der Waals surface area contributed by atoms with Crippen LogP contribution in [0.5, 0.6) is 0 Å². The highest BCUT2D eigenvalue weighted by atomic mass is 16.5. The number of fused-ring (bicyclic) bond motifs is 1. The van der Waals surface area contributed by atoms with Crippen LogP contribution in [0.15, 0.2) is 18.2 Å². The minimum atomic E-state index is -0.394. The van der Waals surface area contributed by atoms with Crippen LogP contribution in [-0.2, 0) is 11.3 Å². The zero-order valence-corrected chi connectivity index (χ0v) is 10.2. The van der Waals surface area contributed by atoms with Gasteiger partial charge in [-0.15, -0.1) is 0 Å². The summed E-state index contributed by atoms with van der Waals surface area (Å²) in [6.45, 7) is 6.24. The lowest BCUT2D eigenvalue weighted by molar-refractivity contribution is 0.168. The van der Waals surface area contributed by atoms with E-state index < -0.39 is 6.09 Å². The molecular weight excluding hydrogens is 216 g/mol. The van der Waals surface area contributed by atoms with Crippen LogP contribution >= 0.6 is 0 Å². The van der Waals surface area contributed by atoms with Gasteiger partial charge in [-0.25, -0.2) is 4.79 Å². The summed E-state index contributed by atoms with van der Waals surface area (Å²) < 4.78 is 4.85. The standard InChI is InChI=1S/C13H18N2O2/c1-3-17-13(16)15-11-5-4-10-8-14-7-9(2)12(10)6-11/h4-6,9,14H,3,7-8H2,1-2H3,(H,15,16). The summed E-state index contributed by atoms with van der Waals surface area (Å²) in [5, 5.41) is 6.09. The van der Waals surface area contributed by atoms with Gasteiger partial charge in [-0.05, 0) is 36.1 Å². The molecule has 0 radical (unpaired) electrons. The molecule has 17 heavy (non-hydrogen) atoms. The first-order valence-corrected chi connectivity index (χ1v) is 5.98. The molecule has 4 nitrogen and oxygen atoms in total. The van der Waals surface area contributed by atoms with Crippen molar-refractivity contribution < 1.29 is 9.53 Å².